The zero-order chi connectivity index (χ0) is 29.4. The molecule has 3 rings (SSSR count). The number of anilines is 1. The van der Waals surface area contributed by atoms with Crippen LogP contribution in [0.2, 0.25) is 0 Å². The van der Waals surface area contributed by atoms with Gasteiger partial charge in [0.05, 0.1) is 11.7 Å². The second-order valence-corrected chi connectivity index (χ2v) is 9.93. The van der Waals surface area contributed by atoms with Gasteiger partial charge >= 0.3 is 0 Å². The number of nitrogens with zero attached hydrogens (tertiary/aromatic N) is 4. The molecule has 0 amide bonds. The van der Waals surface area contributed by atoms with Crippen LogP contribution in [0, 0.1) is 5.92 Å². The first-order chi connectivity index (χ1) is 18.7. The molecule has 2 aromatic rings. The van der Waals surface area contributed by atoms with Crippen LogP contribution in [0.25, 0.3) is 11.8 Å². The quantitative estimate of drug-likeness (QED) is 0.263. The summed E-state index contributed by atoms with van der Waals surface area (Å²) in [7, 11) is 2.08. The highest BCUT2D eigenvalue weighted by Gasteiger charge is 2.17. The smallest absolute Gasteiger partial charge is 0.129 e. The highest BCUT2D eigenvalue weighted by atomic mass is 15.2. The van der Waals surface area contributed by atoms with Gasteiger partial charge in [-0.1, -0.05) is 85.9 Å². The summed E-state index contributed by atoms with van der Waals surface area (Å²) in [4.78, 5) is 14.0. The van der Waals surface area contributed by atoms with Crippen LogP contribution in [0.1, 0.15) is 106 Å². The number of amidine groups is 1. The lowest BCUT2D eigenvalue weighted by Gasteiger charge is -2.31. The van der Waals surface area contributed by atoms with Crippen molar-refractivity contribution in [1.29, 1.82) is 0 Å². The number of rotatable bonds is 8. The van der Waals surface area contributed by atoms with Crippen molar-refractivity contribution >= 4 is 29.1 Å². The molecule has 0 aliphatic carbocycles. The van der Waals surface area contributed by atoms with E-state index in [1.807, 2.05) is 52.1 Å². The monoisotopic (exact) mass is 549 g/mol. The molecule has 1 N–H and O–H groups in total. The molecule has 0 bridgehead atoms. The van der Waals surface area contributed by atoms with Gasteiger partial charge in [0.25, 0.3) is 0 Å². The number of pyridine rings is 1. The fourth-order valence-corrected chi connectivity index (χ4v) is 4.21. The molecule has 1 fully saturated rings. The topological polar surface area (TPSA) is 43.8 Å². The Hall–Kier alpha value is -3.34. The van der Waals surface area contributed by atoms with Crippen molar-refractivity contribution < 1.29 is 1.43 Å². The first kappa shape index (κ1) is 36.7. The van der Waals surface area contributed by atoms with E-state index in [9.17, 15) is 0 Å². The lowest BCUT2D eigenvalue weighted by molar-refractivity contribution is 0.361. The van der Waals surface area contributed by atoms with Crippen molar-refractivity contribution in [2.45, 2.75) is 88.1 Å². The van der Waals surface area contributed by atoms with Crippen molar-refractivity contribution in [3.8, 4) is 0 Å². The van der Waals surface area contributed by atoms with Crippen LogP contribution >= 0.6 is 0 Å². The van der Waals surface area contributed by atoms with Crippen LogP contribution in [0.5, 0.6) is 0 Å². The van der Waals surface area contributed by atoms with E-state index < -0.39 is 0 Å². The van der Waals surface area contributed by atoms with Crippen LogP contribution < -0.4 is 10.2 Å². The molecular weight excluding hydrogens is 490 g/mol. The van der Waals surface area contributed by atoms with E-state index >= 15 is 0 Å². The first-order valence-electron chi connectivity index (χ1n) is 14.6. The highest BCUT2D eigenvalue weighted by molar-refractivity contribution is 5.91. The first-order valence-corrected chi connectivity index (χ1v) is 14.6. The number of hydrogen-bond acceptors (Lipinski definition) is 4. The summed E-state index contributed by atoms with van der Waals surface area (Å²) in [5, 5.41) is 3.38. The molecule has 1 aliphatic rings. The molecule has 0 spiro atoms. The van der Waals surface area contributed by atoms with E-state index in [1.54, 1.807) is 0 Å². The minimum atomic E-state index is 0. The molecule has 40 heavy (non-hydrogen) atoms. The van der Waals surface area contributed by atoms with Gasteiger partial charge in [-0.25, -0.2) is 9.98 Å². The lowest BCUT2D eigenvalue weighted by atomic mass is 9.99. The van der Waals surface area contributed by atoms with Crippen LogP contribution in [0.15, 0.2) is 67.0 Å². The Labute approximate surface area is 248 Å². The fraction of sp³-hybridized carbons (Fsp3) is 0.486. The van der Waals surface area contributed by atoms with Crippen LogP contribution in [0.3, 0.4) is 0 Å². The molecule has 1 aromatic carbocycles. The summed E-state index contributed by atoms with van der Waals surface area (Å²) in [6.07, 6.45) is 11.5. The molecule has 1 aliphatic heterocycles. The largest absolute Gasteiger partial charge is 0.374 e. The molecule has 0 saturated carbocycles. The van der Waals surface area contributed by atoms with Crippen molar-refractivity contribution in [1.82, 2.24) is 15.2 Å². The summed E-state index contributed by atoms with van der Waals surface area (Å²) in [5.41, 5.74) is 4.93. The van der Waals surface area contributed by atoms with Crippen molar-refractivity contribution in [2.75, 3.05) is 25.0 Å². The summed E-state index contributed by atoms with van der Waals surface area (Å²) >= 11 is 0. The summed E-state index contributed by atoms with van der Waals surface area (Å²) in [6, 6.07) is 10.7. The summed E-state index contributed by atoms with van der Waals surface area (Å²) < 4.78 is 0. The summed E-state index contributed by atoms with van der Waals surface area (Å²) in [6.45, 7) is 27.1. The van der Waals surface area contributed by atoms with Gasteiger partial charge in [-0.15, -0.1) is 0 Å². The number of nitrogens with one attached hydrogen (secondary N) is 1. The maximum absolute atomic E-state index is 4.88. The van der Waals surface area contributed by atoms with Gasteiger partial charge in [0, 0.05) is 39.0 Å². The third-order valence-electron chi connectivity index (χ3n) is 6.57. The van der Waals surface area contributed by atoms with Gasteiger partial charge in [-0.05, 0) is 75.1 Å². The molecule has 1 aromatic heterocycles. The van der Waals surface area contributed by atoms with Gasteiger partial charge in [0.15, 0.2) is 0 Å². The zero-order valence-electron chi connectivity index (χ0n) is 26.1. The predicted molar refractivity (Wildman–Crippen MR) is 183 cm³/mol. The van der Waals surface area contributed by atoms with E-state index in [2.05, 4.69) is 98.5 Å². The van der Waals surface area contributed by atoms with E-state index in [-0.39, 0.29) is 14.9 Å². The SMILES string of the molecule is C.C=Cc1ccc(C(C)N(C)/C=C/C)cc1N=C(C)NC(=C)c1ccnc(N2CCC(C)CC2)c1.CC.CCC.[HH]. The minimum absolute atomic E-state index is 0. The maximum atomic E-state index is 4.88. The van der Waals surface area contributed by atoms with Crippen molar-refractivity contribution in [3.63, 3.8) is 0 Å². The van der Waals surface area contributed by atoms with Gasteiger partial charge in [-0.2, -0.15) is 0 Å². The Morgan fingerprint density at radius 3 is 2.42 bits per heavy atom. The van der Waals surface area contributed by atoms with Crippen molar-refractivity contribution in [3.05, 3.63) is 78.7 Å². The molecule has 1 unspecified atom stereocenters. The third kappa shape index (κ3) is 11.4. The van der Waals surface area contributed by atoms with E-state index in [0.29, 0.717) is 0 Å². The predicted octanol–water partition coefficient (Wildman–Crippen LogP) is 10.1. The van der Waals surface area contributed by atoms with E-state index in [0.717, 1.165) is 53.2 Å². The molecule has 1 saturated heterocycles. The third-order valence-corrected chi connectivity index (χ3v) is 6.57. The Kier molecular flexibility index (Phi) is 18.0. The Morgan fingerprint density at radius 1 is 1.23 bits per heavy atom. The van der Waals surface area contributed by atoms with E-state index in [4.69, 9.17) is 4.99 Å². The lowest BCUT2D eigenvalue weighted by Crippen LogP contribution is -2.33. The number of hydrogen-bond donors (Lipinski definition) is 1. The summed E-state index contributed by atoms with van der Waals surface area (Å²) in [5.74, 6) is 2.59. The molecule has 2 heterocycles. The standard InChI is InChI=1S/C29H39N5.C3H8.C2H6.CH4.H2/c1-8-16-33(7)23(5)27-11-10-25(9-2)28(19-27)32-24(6)31-22(4)26-12-15-30-29(20-26)34-17-13-21(3)14-18-34;1-3-2;1-2;;/h8-12,15-16,19-21,23H,2,4,13-14,17-18H2,1,3,5-7H3,(H,31,32);3H2,1-2H3;1-2H3;1H4;1H/b16-8+;;;;. The normalized spacial score (nSPS) is 14.1. The van der Waals surface area contributed by atoms with Gasteiger partial charge < -0.3 is 15.1 Å². The van der Waals surface area contributed by atoms with Crippen molar-refractivity contribution in [2.24, 2.45) is 10.9 Å². The minimum Gasteiger partial charge on any atom is -0.374 e. The molecular formula is C35H59N5. The maximum Gasteiger partial charge on any atom is 0.129 e. The van der Waals surface area contributed by atoms with Crippen LogP contribution in [-0.4, -0.2) is 35.9 Å². The Balaban J connectivity index is 0. The Morgan fingerprint density at radius 2 is 1.85 bits per heavy atom. The molecule has 5 nitrogen and oxygen atoms in total. The zero-order valence-corrected chi connectivity index (χ0v) is 26.1. The molecule has 5 heteroatoms. The average molecular weight is 550 g/mol. The number of allylic oxidation sites excluding steroid dienone is 1. The number of piperidine rings is 1. The van der Waals surface area contributed by atoms with Gasteiger partial charge in [-0.3, -0.25) is 0 Å². The molecule has 1 atom stereocenters. The second kappa shape index (κ2) is 19.7. The average Bonchev–Trinajstić information content (AvgIpc) is 2.94. The fourth-order valence-electron chi connectivity index (χ4n) is 4.21. The number of aliphatic imine (C=N–C) groups is 1. The molecule has 224 valence electrons. The van der Waals surface area contributed by atoms with Gasteiger partial charge in [0.1, 0.15) is 11.7 Å². The molecule has 0 radical (unpaired) electrons. The van der Waals surface area contributed by atoms with Crippen LogP contribution in [0.4, 0.5) is 11.5 Å². The van der Waals surface area contributed by atoms with Gasteiger partial charge in [0.2, 0.25) is 0 Å². The number of benzene rings is 1. The number of aromatic nitrogens is 1. The highest BCUT2D eigenvalue weighted by Crippen LogP contribution is 2.28. The second-order valence-electron chi connectivity index (χ2n) is 9.93. The van der Waals surface area contributed by atoms with E-state index in [1.165, 1.54) is 24.8 Å². The Bertz CT molecular complexity index is 1080. The van der Waals surface area contributed by atoms with Crippen LogP contribution in [-0.2, 0) is 0 Å².